The summed E-state index contributed by atoms with van der Waals surface area (Å²) in [4.78, 5) is 0. The molecule has 0 aromatic carbocycles. The van der Waals surface area contributed by atoms with Gasteiger partial charge in [0.1, 0.15) is 0 Å². The molecule has 9 heavy (non-hydrogen) atoms. The lowest BCUT2D eigenvalue weighted by Crippen LogP contribution is -1.96. The standard InChI is InChI=1S/C8H16S/c1-5-6-8(4)9-7(2)3/h5-8H,1-4H3/b6-5+/t8-/m1/s1. The predicted octanol–water partition coefficient (Wildman–Crippen LogP) is 3.09. The Bertz CT molecular complexity index is 84.6. The van der Waals surface area contributed by atoms with Crippen LogP contribution in [-0.4, -0.2) is 10.5 Å². The maximum absolute atomic E-state index is 2.23. The first-order valence-electron chi connectivity index (χ1n) is 3.45. The van der Waals surface area contributed by atoms with Crippen molar-refractivity contribution in [1.29, 1.82) is 0 Å². The van der Waals surface area contributed by atoms with Crippen LogP contribution in [0.3, 0.4) is 0 Å². The third-order valence-corrected chi connectivity index (χ3v) is 2.08. The quantitative estimate of drug-likeness (QED) is 0.548. The lowest BCUT2D eigenvalue weighted by Gasteiger charge is -2.07. The van der Waals surface area contributed by atoms with Crippen molar-refractivity contribution < 1.29 is 0 Å². The SMILES string of the molecule is C/C=C/[C@@H](C)SC(C)C. The Morgan fingerprint density at radius 1 is 1.22 bits per heavy atom. The van der Waals surface area contributed by atoms with Gasteiger partial charge in [-0.3, -0.25) is 0 Å². The van der Waals surface area contributed by atoms with E-state index < -0.39 is 0 Å². The summed E-state index contributed by atoms with van der Waals surface area (Å²) in [6.45, 7) is 8.75. The number of thioether (sulfide) groups is 1. The van der Waals surface area contributed by atoms with E-state index in [4.69, 9.17) is 0 Å². The van der Waals surface area contributed by atoms with E-state index in [0.717, 1.165) is 5.25 Å². The molecule has 0 fully saturated rings. The van der Waals surface area contributed by atoms with Gasteiger partial charge in [-0.1, -0.05) is 26.0 Å². The molecular weight excluding hydrogens is 128 g/mol. The fourth-order valence-corrected chi connectivity index (χ4v) is 1.85. The number of rotatable bonds is 3. The second-order valence-electron chi connectivity index (χ2n) is 2.42. The van der Waals surface area contributed by atoms with Crippen molar-refractivity contribution in [3.63, 3.8) is 0 Å². The van der Waals surface area contributed by atoms with Gasteiger partial charge in [0.05, 0.1) is 0 Å². The molecule has 0 spiro atoms. The van der Waals surface area contributed by atoms with E-state index in [9.17, 15) is 0 Å². The monoisotopic (exact) mass is 144 g/mol. The Hall–Kier alpha value is 0.0900. The van der Waals surface area contributed by atoms with Crippen molar-refractivity contribution in [2.45, 2.75) is 38.2 Å². The molecule has 0 nitrogen and oxygen atoms in total. The van der Waals surface area contributed by atoms with E-state index in [1.165, 1.54) is 0 Å². The third-order valence-electron chi connectivity index (χ3n) is 0.950. The van der Waals surface area contributed by atoms with Gasteiger partial charge in [0.25, 0.3) is 0 Å². The molecule has 1 heteroatoms. The van der Waals surface area contributed by atoms with Crippen molar-refractivity contribution >= 4 is 11.8 Å². The average molecular weight is 144 g/mol. The van der Waals surface area contributed by atoms with Crippen LogP contribution < -0.4 is 0 Å². The van der Waals surface area contributed by atoms with Crippen LogP contribution in [-0.2, 0) is 0 Å². The highest BCUT2D eigenvalue weighted by Gasteiger charge is 1.98. The van der Waals surface area contributed by atoms with E-state index in [0.29, 0.717) is 5.25 Å². The Kier molecular flexibility index (Phi) is 4.97. The van der Waals surface area contributed by atoms with Gasteiger partial charge in [0.2, 0.25) is 0 Å². The Labute approximate surface area is 62.7 Å². The van der Waals surface area contributed by atoms with Crippen LogP contribution >= 0.6 is 11.8 Å². The summed E-state index contributed by atoms with van der Waals surface area (Å²) in [5, 5.41) is 1.42. The van der Waals surface area contributed by atoms with E-state index >= 15 is 0 Å². The molecule has 0 aromatic rings. The van der Waals surface area contributed by atoms with Crippen LogP contribution in [0.15, 0.2) is 12.2 Å². The zero-order valence-corrected chi connectivity index (χ0v) is 7.53. The highest BCUT2D eigenvalue weighted by molar-refractivity contribution is 8.00. The van der Waals surface area contributed by atoms with Crippen LogP contribution in [0.5, 0.6) is 0 Å². The molecule has 54 valence electrons. The molecule has 0 aromatic heterocycles. The maximum atomic E-state index is 2.23. The van der Waals surface area contributed by atoms with Gasteiger partial charge in [0, 0.05) is 5.25 Å². The van der Waals surface area contributed by atoms with Gasteiger partial charge in [-0.25, -0.2) is 0 Å². The van der Waals surface area contributed by atoms with E-state index in [-0.39, 0.29) is 0 Å². The van der Waals surface area contributed by atoms with Crippen LogP contribution in [0.1, 0.15) is 27.7 Å². The van der Waals surface area contributed by atoms with Gasteiger partial charge in [0.15, 0.2) is 0 Å². The highest BCUT2D eigenvalue weighted by Crippen LogP contribution is 2.16. The van der Waals surface area contributed by atoms with Crippen molar-refractivity contribution in [1.82, 2.24) is 0 Å². The predicted molar refractivity (Wildman–Crippen MR) is 47.0 cm³/mol. The Morgan fingerprint density at radius 3 is 2.11 bits per heavy atom. The molecule has 0 aliphatic carbocycles. The molecule has 0 aliphatic rings. The van der Waals surface area contributed by atoms with Crippen LogP contribution in [0.4, 0.5) is 0 Å². The average Bonchev–Trinajstić information content (AvgIpc) is 1.63. The largest absolute Gasteiger partial charge is 0.152 e. The highest BCUT2D eigenvalue weighted by atomic mass is 32.2. The summed E-state index contributed by atoms with van der Waals surface area (Å²) in [6, 6.07) is 0. The number of allylic oxidation sites excluding steroid dienone is 1. The molecule has 0 unspecified atom stereocenters. The van der Waals surface area contributed by atoms with Crippen LogP contribution in [0.2, 0.25) is 0 Å². The molecule has 0 amide bonds. The molecule has 1 atom stereocenters. The second kappa shape index (κ2) is 4.92. The fraction of sp³-hybridized carbons (Fsp3) is 0.750. The maximum Gasteiger partial charge on any atom is 0.0201 e. The minimum absolute atomic E-state index is 0.676. The minimum atomic E-state index is 0.676. The molecule has 0 aliphatic heterocycles. The van der Waals surface area contributed by atoms with E-state index in [2.05, 4.69) is 39.8 Å². The molecule has 0 bridgehead atoms. The van der Waals surface area contributed by atoms with Crippen LogP contribution in [0.25, 0.3) is 0 Å². The van der Waals surface area contributed by atoms with Crippen LogP contribution in [0, 0.1) is 0 Å². The topological polar surface area (TPSA) is 0 Å². The van der Waals surface area contributed by atoms with Gasteiger partial charge < -0.3 is 0 Å². The first kappa shape index (κ1) is 9.09. The fourth-order valence-electron chi connectivity index (χ4n) is 0.746. The summed E-state index contributed by atoms with van der Waals surface area (Å²) in [5.41, 5.74) is 0. The smallest absolute Gasteiger partial charge is 0.0201 e. The lowest BCUT2D eigenvalue weighted by molar-refractivity contribution is 1.09. The number of hydrogen-bond acceptors (Lipinski definition) is 1. The van der Waals surface area contributed by atoms with Gasteiger partial charge in [-0.2, -0.15) is 11.8 Å². The summed E-state index contributed by atoms with van der Waals surface area (Å²) in [6.07, 6.45) is 4.34. The first-order chi connectivity index (χ1) is 4.16. The first-order valence-corrected chi connectivity index (χ1v) is 4.39. The van der Waals surface area contributed by atoms with Crippen molar-refractivity contribution in [2.24, 2.45) is 0 Å². The second-order valence-corrected chi connectivity index (χ2v) is 4.37. The number of hydrogen-bond donors (Lipinski definition) is 0. The van der Waals surface area contributed by atoms with E-state index in [1.807, 2.05) is 11.8 Å². The van der Waals surface area contributed by atoms with Crippen molar-refractivity contribution in [3.8, 4) is 0 Å². The van der Waals surface area contributed by atoms with Gasteiger partial charge in [-0.05, 0) is 19.1 Å². The van der Waals surface area contributed by atoms with E-state index in [1.54, 1.807) is 0 Å². The minimum Gasteiger partial charge on any atom is -0.152 e. The third kappa shape index (κ3) is 5.97. The molecular formula is C8H16S. The normalized spacial score (nSPS) is 15.2. The van der Waals surface area contributed by atoms with Gasteiger partial charge in [-0.15, -0.1) is 0 Å². The molecule has 0 saturated heterocycles. The van der Waals surface area contributed by atoms with Gasteiger partial charge >= 0.3 is 0 Å². The summed E-state index contributed by atoms with van der Waals surface area (Å²) < 4.78 is 0. The zero-order chi connectivity index (χ0) is 7.28. The Morgan fingerprint density at radius 2 is 1.78 bits per heavy atom. The lowest BCUT2D eigenvalue weighted by atomic mass is 10.4. The molecule has 0 saturated carbocycles. The molecule has 0 rings (SSSR count). The summed E-state index contributed by atoms with van der Waals surface area (Å²) >= 11 is 1.99. The zero-order valence-electron chi connectivity index (χ0n) is 6.72. The van der Waals surface area contributed by atoms with Crippen molar-refractivity contribution in [3.05, 3.63) is 12.2 Å². The van der Waals surface area contributed by atoms with Crippen molar-refractivity contribution in [2.75, 3.05) is 0 Å². The molecule has 0 heterocycles. The Balaban J connectivity index is 3.38. The molecule has 0 radical (unpaired) electrons. The molecule has 0 N–H and O–H groups in total. The summed E-state index contributed by atoms with van der Waals surface area (Å²) in [7, 11) is 0. The summed E-state index contributed by atoms with van der Waals surface area (Å²) in [5.74, 6) is 0.